The van der Waals surface area contributed by atoms with Gasteiger partial charge in [-0.1, -0.05) is 23.7 Å². The largest absolute Gasteiger partial charge is 0.417 e. The summed E-state index contributed by atoms with van der Waals surface area (Å²) in [4.78, 5) is 4.04. The van der Waals surface area contributed by atoms with Gasteiger partial charge in [0.2, 0.25) is 5.95 Å². The number of hydrogen-bond donors (Lipinski definition) is 2. The molecule has 134 valence electrons. The zero-order chi connectivity index (χ0) is 18.7. The number of alkyl halides is 3. The fourth-order valence-corrected chi connectivity index (χ4v) is 2.29. The lowest BCUT2D eigenvalue weighted by molar-refractivity contribution is -0.137. The van der Waals surface area contributed by atoms with Crippen LogP contribution in [-0.2, 0) is 6.18 Å². The molecule has 5 nitrogen and oxygen atoms in total. The number of aromatic nitrogens is 3. The number of rotatable bonds is 4. The first-order valence-corrected chi connectivity index (χ1v) is 7.56. The molecule has 2 aromatic carbocycles. The maximum absolute atomic E-state index is 13.7. The summed E-state index contributed by atoms with van der Waals surface area (Å²) in [6, 6.07) is 9.22. The third-order valence-corrected chi connectivity index (χ3v) is 3.55. The molecule has 26 heavy (non-hydrogen) atoms. The Kier molecular flexibility index (Phi) is 4.90. The van der Waals surface area contributed by atoms with E-state index in [0.29, 0.717) is 0 Å². The van der Waals surface area contributed by atoms with Gasteiger partial charge >= 0.3 is 6.18 Å². The van der Waals surface area contributed by atoms with Gasteiger partial charge in [-0.15, -0.1) is 5.10 Å². The highest BCUT2D eigenvalue weighted by Crippen LogP contribution is 2.36. The summed E-state index contributed by atoms with van der Waals surface area (Å²) in [5.41, 5.74) is -0.742. The normalized spacial score (nSPS) is 11.3. The van der Waals surface area contributed by atoms with Crippen molar-refractivity contribution >= 4 is 34.7 Å². The molecule has 0 fully saturated rings. The summed E-state index contributed by atoms with van der Waals surface area (Å²) in [5, 5.41) is 12.3. The fourth-order valence-electron chi connectivity index (χ4n) is 2.07. The van der Waals surface area contributed by atoms with Crippen molar-refractivity contribution in [3.05, 3.63) is 65.1 Å². The van der Waals surface area contributed by atoms with E-state index in [4.69, 9.17) is 11.6 Å². The Morgan fingerprint density at radius 3 is 2.50 bits per heavy atom. The van der Waals surface area contributed by atoms with Gasteiger partial charge in [-0.05, 0) is 30.3 Å². The molecule has 0 unspecified atom stereocenters. The van der Waals surface area contributed by atoms with Crippen LogP contribution in [0.15, 0.2) is 48.7 Å². The second-order valence-corrected chi connectivity index (χ2v) is 5.49. The molecule has 0 saturated carbocycles. The van der Waals surface area contributed by atoms with Gasteiger partial charge in [-0.3, -0.25) is 0 Å². The van der Waals surface area contributed by atoms with E-state index in [-0.39, 0.29) is 23.1 Å². The molecule has 0 aliphatic carbocycles. The standard InChI is InChI=1S/C16H10ClF4N5/c17-11-6-5-9(7-10(11)16(19,20)21)23-15-25-14(8-22-26-15)24-13-4-2-1-3-12(13)18/h1-8H,(H2,23,24,25,26). The number of benzene rings is 2. The monoisotopic (exact) mass is 383 g/mol. The minimum absolute atomic E-state index is 0.0678. The number of anilines is 4. The highest BCUT2D eigenvalue weighted by Gasteiger charge is 2.33. The molecule has 3 rings (SSSR count). The van der Waals surface area contributed by atoms with Crippen LogP contribution in [0.3, 0.4) is 0 Å². The van der Waals surface area contributed by atoms with E-state index >= 15 is 0 Å². The quantitative estimate of drug-likeness (QED) is 0.608. The lowest BCUT2D eigenvalue weighted by atomic mass is 10.2. The van der Waals surface area contributed by atoms with E-state index < -0.39 is 22.6 Å². The van der Waals surface area contributed by atoms with Crippen molar-refractivity contribution in [2.75, 3.05) is 10.6 Å². The Bertz CT molecular complexity index is 933. The summed E-state index contributed by atoms with van der Waals surface area (Å²) < 4.78 is 52.4. The summed E-state index contributed by atoms with van der Waals surface area (Å²) in [5.74, 6) is -0.396. The predicted octanol–water partition coefficient (Wildman–Crippen LogP) is 5.17. The first kappa shape index (κ1) is 17.9. The van der Waals surface area contributed by atoms with Crippen molar-refractivity contribution in [3.63, 3.8) is 0 Å². The third kappa shape index (κ3) is 4.17. The second-order valence-electron chi connectivity index (χ2n) is 5.09. The maximum Gasteiger partial charge on any atom is 0.417 e. The number of halogens is 5. The van der Waals surface area contributed by atoms with Crippen LogP contribution in [0.25, 0.3) is 0 Å². The smallest absolute Gasteiger partial charge is 0.336 e. The predicted molar refractivity (Wildman–Crippen MR) is 89.2 cm³/mol. The highest BCUT2D eigenvalue weighted by molar-refractivity contribution is 6.31. The van der Waals surface area contributed by atoms with Crippen LogP contribution in [0.5, 0.6) is 0 Å². The number of nitrogens with zero attached hydrogens (tertiary/aromatic N) is 3. The topological polar surface area (TPSA) is 62.7 Å². The summed E-state index contributed by atoms with van der Waals surface area (Å²) >= 11 is 5.58. The fraction of sp³-hybridized carbons (Fsp3) is 0.0625. The number of nitrogens with one attached hydrogen (secondary N) is 2. The molecule has 1 heterocycles. The average molecular weight is 384 g/mol. The molecule has 0 saturated heterocycles. The van der Waals surface area contributed by atoms with Gasteiger partial charge in [0.05, 0.1) is 22.5 Å². The van der Waals surface area contributed by atoms with Crippen molar-refractivity contribution in [2.45, 2.75) is 6.18 Å². The molecule has 0 bridgehead atoms. The Morgan fingerprint density at radius 1 is 1.00 bits per heavy atom. The molecule has 1 aromatic heterocycles. The zero-order valence-electron chi connectivity index (χ0n) is 12.9. The highest BCUT2D eigenvalue weighted by atomic mass is 35.5. The van der Waals surface area contributed by atoms with Crippen molar-refractivity contribution in [1.29, 1.82) is 0 Å². The number of hydrogen-bond acceptors (Lipinski definition) is 5. The van der Waals surface area contributed by atoms with Gasteiger partial charge in [-0.2, -0.15) is 23.3 Å². The molecule has 0 radical (unpaired) electrons. The molecular weight excluding hydrogens is 374 g/mol. The average Bonchev–Trinajstić information content (AvgIpc) is 2.58. The van der Waals surface area contributed by atoms with E-state index in [2.05, 4.69) is 25.8 Å². The van der Waals surface area contributed by atoms with E-state index in [1.807, 2.05) is 0 Å². The van der Waals surface area contributed by atoms with Crippen LogP contribution in [0.2, 0.25) is 5.02 Å². The van der Waals surface area contributed by atoms with E-state index in [0.717, 1.165) is 12.1 Å². The maximum atomic E-state index is 13.7. The SMILES string of the molecule is Fc1ccccc1Nc1cnnc(Nc2ccc(Cl)c(C(F)(F)F)c2)n1. The molecule has 0 atom stereocenters. The Labute approximate surface area is 150 Å². The van der Waals surface area contributed by atoms with Crippen molar-refractivity contribution in [2.24, 2.45) is 0 Å². The molecule has 0 spiro atoms. The van der Waals surface area contributed by atoms with Crippen LogP contribution in [0, 0.1) is 5.82 Å². The molecule has 3 aromatic rings. The molecule has 2 N–H and O–H groups in total. The van der Waals surface area contributed by atoms with Gasteiger partial charge in [0.1, 0.15) is 5.82 Å². The minimum Gasteiger partial charge on any atom is -0.336 e. The van der Waals surface area contributed by atoms with Crippen molar-refractivity contribution < 1.29 is 17.6 Å². The molecule has 0 aliphatic heterocycles. The lowest BCUT2D eigenvalue weighted by Crippen LogP contribution is -2.07. The van der Waals surface area contributed by atoms with Crippen LogP contribution < -0.4 is 10.6 Å². The Hall–Kier alpha value is -2.94. The Balaban J connectivity index is 1.82. The van der Waals surface area contributed by atoms with Crippen LogP contribution >= 0.6 is 11.6 Å². The first-order chi connectivity index (χ1) is 12.3. The van der Waals surface area contributed by atoms with Crippen LogP contribution in [0.4, 0.5) is 40.7 Å². The van der Waals surface area contributed by atoms with E-state index in [9.17, 15) is 17.6 Å². The van der Waals surface area contributed by atoms with Gasteiger partial charge in [0, 0.05) is 5.69 Å². The summed E-state index contributed by atoms with van der Waals surface area (Å²) in [7, 11) is 0. The Morgan fingerprint density at radius 2 is 1.77 bits per heavy atom. The van der Waals surface area contributed by atoms with Gasteiger partial charge < -0.3 is 10.6 Å². The zero-order valence-corrected chi connectivity index (χ0v) is 13.6. The first-order valence-electron chi connectivity index (χ1n) is 7.18. The lowest BCUT2D eigenvalue weighted by Gasteiger charge is -2.12. The summed E-state index contributed by atoms with van der Waals surface area (Å²) in [6.07, 6.45) is -3.34. The van der Waals surface area contributed by atoms with Gasteiger partial charge in [0.25, 0.3) is 0 Å². The molecule has 0 amide bonds. The van der Waals surface area contributed by atoms with Gasteiger partial charge in [-0.25, -0.2) is 4.39 Å². The third-order valence-electron chi connectivity index (χ3n) is 3.22. The summed E-state index contributed by atoms with van der Waals surface area (Å²) in [6.45, 7) is 0. The molecular formula is C16H10ClF4N5. The van der Waals surface area contributed by atoms with Gasteiger partial charge in [0.15, 0.2) is 5.82 Å². The van der Waals surface area contributed by atoms with Crippen LogP contribution in [-0.4, -0.2) is 15.2 Å². The minimum atomic E-state index is -4.60. The van der Waals surface area contributed by atoms with Crippen molar-refractivity contribution in [1.82, 2.24) is 15.2 Å². The number of para-hydroxylation sites is 1. The van der Waals surface area contributed by atoms with Crippen LogP contribution in [0.1, 0.15) is 5.56 Å². The van der Waals surface area contributed by atoms with E-state index in [1.54, 1.807) is 6.07 Å². The second kappa shape index (κ2) is 7.12. The molecule has 0 aliphatic rings. The van der Waals surface area contributed by atoms with Crippen molar-refractivity contribution in [3.8, 4) is 0 Å². The van der Waals surface area contributed by atoms with E-state index in [1.165, 1.54) is 30.5 Å². The molecule has 10 heteroatoms.